The zero-order valence-corrected chi connectivity index (χ0v) is 10.1. The van der Waals surface area contributed by atoms with Crippen molar-refractivity contribution in [3.05, 3.63) is 23.3 Å². The quantitative estimate of drug-likeness (QED) is 0.639. The first-order chi connectivity index (χ1) is 8.66. The van der Waals surface area contributed by atoms with Gasteiger partial charge in [0, 0.05) is 12.6 Å². The highest BCUT2D eigenvalue weighted by atomic mass is 19.4. The molecule has 1 amide bonds. The van der Waals surface area contributed by atoms with Gasteiger partial charge in [-0.3, -0.25) is 4.79 Å². The normalized spacial score (nSPS) is 11.0. The number of anilines is 2. The van der Waals surface area contributed by atoms with Gasteiger partial charge in [-0.05, 0) is 12.1 Å². The predicted molar refractivity (Wildman–Crippen MR) is 61.5 cm³/mol. The summed E-state index contributed by atoms with van der Waals surface area (Å²) in [6.07, 6.45) is -4.69. The van der Waals surface area contributed by atoms with E-state index in [9.17, 15) is 22.8 Å². The van der Waals surface area contributed by atoms with Gasteiger partial charge in [0.15, 0.2) is 0 Å². The number of methoxy groups -OCH3 is 1. The average molecular weight is 276 g/mol. The summed E-state index contributed by atoms with van der Waals surface area (Å²) in [6.45, 7) is 1.10. The molecule has 1 aromatic carbocycles. The number of carbonyl (C=O) groups is 2. The Morgan fingerprint density at radius 1 is 1.32 bits per heavy atom. The largest absolute Gasteiger partial charge is 0.465 e. The number of carbonyl (C=O) groups excluding carboxylic acids is 2. The van der Waals surface area contributed by atoms with Crippen LogP contribution < -0.4 is 11.1 Å². The van der Waals surface area contributed by atoms with Gasteiger partial charge in [-0.2, -0.15) is 13.2 Å². The molecule has 0 saturated heterocycles. The fourth-order valence-electron chi connectivity index (χ4n) is 1.43. The second-order valence-electron chi connectivity index (χ2n) is 3.66. The number of nitrogens with one attached hydrogen (secondary N) is 1. The van der Waals surface area contributed by atoms with Crippen LogP contribution in [0.3, 0.4) is 0 Å². The van der Waals surface area contributed by atoms with E-state index in [0.29, 0.717) is 6.07 Å². The monoisotopic (exact) mass is 276 g/mol. The fourth-order valence-corrected chi connectivity index (χ4v) is 1.43. The van der Waals surface area contributed by atoms with Gasteiger partial charge in [0.2, 0.25) is 5.91 Å². The number of hydrogen-bond acceptors (Lipinski definition) is 4. The third-order valence-corrected chi connectivity index (χ3v) is 2.21. The number of halogens is 3. The van der Waals surface area contributed by atoms with Gasteiger partial charge >= 0.3 is 12.1 Å². The van der Waals surface area contributed by atoms with Crippen molar-refractivity contribution >= 4 is 23.3 Å². The van der Waals surface area contributed by atoms with Crippen LogP contribution in [0.25, 0.3) is 0 Å². The van der Waals surface area contributed by atoms with Crippen molar-refractivity contribution in [3.8, 4) is 0 Å². The summed E-state index contributed by atoms with van der Waals surface area (Å²) < 4.78 is 42.4. The maximum atomic E-state index is 12.7. The van der Waals surface area contributed by atoms with E-state index < -0.39 is 29.3 Å². The summed E-state index contributed by atoms with van der Waals surface area (Å²) in [5, 5.41) is 2.13. The molecule has 0 saturated carbocycles. The topological polar surface area (TPSA) is 81.4 Å². The van der Waals surface area contributed by atoms with E-state index in [4.69, 9.17) is 5.73 Å². The molecule has 0 aliphatic rings. The molecule has 0 aromatic heterocycles. The van der Waals surface area contributed by atoms with Crippen LogP contribution in [0.15, 0.2) is 12.1 Å². The van der Waals surface area contributed by atoms with Crippen molar-refractivity contribution in [1.29, 1.82) is 0 Å². The van der Waals surface area contributed by atoms with Crippen LogP contribution in [0, 0.1) is 0 Å². The minimum Gasteiger partial charge on any atom is -0.465 e. The number of nitrogens with two attached hydrogens (primary N) is 1. The summed E-state index contributed by atoms with van der Waals surface area (Å²) in [7, 11) is 1.06. The van der Waals surface area contributed by atoms with Gasteiger partial charge in [0.25, 0.3) is 0 Å². The van der Waals surface area contributed by atoms with Crippen LogP contribution in [-0.2, 0) is 15.7 Å². The molecule has 5 nitrogen and oxygen atoms in total. The SMILES string of the molecule is COC(=O)c1cc(N)c(C(F)(F)F)cc1NC(C)=O. The molecule has 104 valence electrons. The van der Waals surface area contributed by atoms with Gasteiger partial charge in [0.05, 0.1) is 23.9 Å². The third-order valence-electron chi connectivity index (χ3n) is 2.21. The van der Waals surface area contributed by atoms with E-state index in [1.165, 1.54) is 0 Å². The number of esters is 1. The molecule has 0 aliphatic carbocycles. The van der Waals surface area contributed by atoms with E-state index in [0.717, 1.165) is 20.1 Å². The summed E-state index contributed by atoms with van der Waals surface area (Å²) in [5.74, 6) is -1.52. The van der Waals surface area contributed by atoms with Crippen LogP contribution in [0.5, 0.6) is 0 Å². The maximum absolute atomic E-state index is 12.7. The summed E-state index contributed by atoms with van der Waals surface area (Å²) >= 11 is 0. The number of ether oxygens (including phenoxy) is 1. The molecule has 0 unspecified atom stereocenters. The fraction of sp³-hybridized carbons (Fsp3) is 0.273. The highest BCUT2D eigenvalue weighted by molar-refractivity contribution is 6.01. The Kier molecular flexibility index (Phi) is 4.03. The number of rotatable bonds is 2. The maximum Gasteiger partial charge on any atom is 0.418 e. The summed E-state index contributed by atoms with van der Waals surface area (Å²) in [6, 6.07) is 1.42. The lowest BCUT2D eigenvalue weighted by atomic mass is 10.1. The second-order valence-corrected chi connectivity index (χ2v) is 3.66. The summed E-state index contributed by atoms with van der Waals surface area (Å²) in [4.78, 5) is 22.4. The molecule has 8 heteroatoms. The second kappa shape index (κ2) is 5.17. The molecular weight excluding hydrogens is 265 g/mol. The first kappa shape index (κ1) is 14.8. The van der Waals surface area contributed by atoms with Crippen LogP contribution in [-0.4, -0.2) is 19.0 Å². The third kappa shape index (κ3) is 3.36. The molecule has 0 radical (unpaired) electrons. The van der Waals surface area contributed by atoms with Crippen molar-refractivity contribution in [2.24, 2.45) is 0 Å². The lowest BCUT2D eigenvalue weighted by Gasteiger charge is -2.15. The van der Waals surface area contributed by atoms with Gasteiger partial charge in [0.1, 0.15) is 0 Å². The Morgan fingerprint density at radius 3 is 2.32 bits per heavy atom. The van der Waals surface area contributed by atoms with Gasteiger partial charge in [-0.15, -0.1) is 0 Å². The number of alkyl halides is 3. The number of benzene rings is 1. The molecule has 0 bridgehead atoms. The minimum atomic E-state index is -4.69. The van der Waals surface area contributed by atoms with E-state index in [1.54, 1.807) is 0 Å². The van der Waals surface area contributed by atoms with Gasteiger partial charge in [-0.1, -0.05) is 0 Å². The molecule has 19 heavy (non-hydrogen) atoms. The highest BCUT2D eigenvalue weighted by Gasteiger charge is 2.34. The average Bonchev–Trinajstić information content (AvgIpc) is 2.27. The first-order valence-corrected chi connectivity index (χ1v) is 5.03. The van der Waals surface area contributed by atoms with Crippen LogP contribution in [0.4, 0.5) is 24.5 Å². The Labute approximate surface area is 106 Å². The number of amides is 1. The Hall–Kier alpha value is -2.25. The number of hydrogen-bond donors (Lipinski definition) is 2. The molecule has 1 aromatic rings. The minimum absolute atomic E-state index is 0.247. The van der Waals surface area contributed by atoms with Crippen LogP contribution >= 0.6 is 0 Å². The zero-order valence-electron chi connectivity index (χ0n) is 10.1. The predicted octanol–water partition coefficient (Wildman–Crippen LogP) is 2.03. The number of nitrogen functional groups attached to an aromatic ring is 1. The van der Waals surface area contributed by atoms with E-state index >= 15 is 0 Å². The van der Waals surface area contributed by atoms with Crippen molar-refractivity contribution in [1.82, 2.24) is 0 Å². The van der Waals surface area contributed by atoms with E-state index in [1.807, 2.05) is 0 Å². The molecule has 0 fully saturated rings. The lowest BCUT2D eigenvalue weighted by molar-refractivity contribution is -0.137. The Balaban J connectivity index is 3.45. The van der Waals surface area contributed by atoms with Crippen molar-refractivity contribution in [3.63, 3.8) is 0 Å². The molecule has 0 aliphatic heterocycles. The van der Waals surface area contributed by atoms with E-state index in [2.05, 4.69) is 10.1 Å². The Morgan fingerprint density at radius 2 is 1.89 bits per heavy atom. The van der Waals surface area contributed by atoms with Gasteiger partial charge < -0.3 is 15.8 Å². The van der Waals surface area contributed by atoms with E-state index in [-0.39, 0.29) is 11.3 Å². The Bertz CT molecular complexity index is 527. The lowest BCUT2D eigenvalue weighted by Crippen LogP contribution is -2.16. The van der Waals surface area contributed by atoms with Crippen LogP contribution in [0.1, 0.15) is 22.8 Å². The van der Waals surface area contributed by atoms with Crippen LogP contribution in [0.2, 0.25) is 0 Å². The molecule has 0 heterocycles. The highest BCUT2D eigenvalue weighted by Crippen LogP contribution is 2.37. The molecular formula is C11H11F3N2O3. The summed E-state index contributed by atoms with van der Waals surface area (Å²) in [5.41, 5.74) is 2.95. The van der Waals surface area contributed by atoms with Crippen molar-refractivity contribution in [2.45, 2.75) is 13.1 Å². The standard InChI is InChI=1S/C11H11F3N2O3/c1-5(17)16-9-4-7(11(12,13)14)8(15)3-6(9)10(18)19-2/h3-4H,15H2,1-2H3,(H,16,17). The molecule has 0 spiro atoms. The smallest absolute Gasteiger partial charge is 0.418 e. The molecule has 3 N–H and O–H groups in total. The van der Waals surface area contributed by atoms with Crippen molar-refractivity contribution in [2.75, 3.05) is 18.2 Å². The molecule has 0 atom stereocenters. The zero-order chi connectivity index (χ0) is 14.8. The molecule has 1 rings (SSSR count). The first-order valence-electron chi connectivity index (χ1n) is 5.03. The van der Waals surface area contributed by atoms with Gasteiger partial charge in [-0.25, -0.2) is 4.79 Å². The van der Waals surface area contributed by atoms with Crippen molar-refractivity contribution < 1.29 is 27.5 Å².